The minimum absolute atomic E-state index is 0.873. The fourth-order valence-corrected chi connectivity index (χ4v) is 5.03. The SMILES string of the molecule is O=P(c1ccccc1)(c1ccccc1)c1ccccc1.OO. The molecule has 0 amide bonds. The molecule has 4 heteroatoms. The highest BCUT2D eigenvalue weighted by Gasteiger charge is 2.28. The Hall–Kier alpha value is -2.19. The monoisotopic (exact) mass is 312 g/mol. The van der Waals surface area contributed by atoms with Gasteiger partial charge in [-0.15, -0.1) is 0 Å². The van der Waals surface area contributed by atoms with Crippen LogP contribution in [0.4, 0.5) is 0 Å². The van der Waals surface area contributed by atoms with Gasteiger partial charge in [0.05, 0.1) is 0 Å². The van der Waals surface area contributed by atoms with Gasteiger partial charge in [-0.25, -0.2) is 0 Å². The van der Waals surface area contributed by atoms with E-state index in [9.17, 15) is 4.57 Å². The Morgan fingerprint density at radius 3 is 0.955 bits per heavy atom. The Kier molecular flexibility index (Phi) is 5.68. The van der Waals surface area contributed by atoms with Crippen LogP contribution in [0.5, 0.6) is 0 Å². The summed E-state index contributed by atoms with van der Waals surface area (Å²) in [6.07, 6.45) is 0. The van der Waals surface area contributed by atoms with Crippen molar-refractivity contribution in [3.8, 4) is 0 Å². The largest absolute Gasteiger partial charge is 0.309 e. The molecule has 0 atom stereocenters. The zero-order chi connectivity index (χ0) is 15.8. The zero-order valence-corrected chi connectivity index (χ0v) is 12.8. The lowest BCUT2D eigenvalue weighted by molar-refractivity contribution is -0.176. The van der Waals surface area contributed by atoms with Gasteiger partial charge < -0.3 is 4.57 Å². The van der Waals surface area contributed by atoms with Gasteiger partial charge in [0.2, 0.25) is 0 Å². The van der Waals surface area contributed by atoms with Gasteiger partial charge in [0.1, 0.15) is 0 Å². The lowest BCUT2D eigenvalue weighted by atomic mass is 10.4. The maximum Gasteiger partial charge on any atom is 0.171 e. The van der Waals surface area contributed by atoms with E-state index < -0.39 is 7.14 Å². The minimum Gasteiger partial charge on any atom is -0.309 e. The van der Waals surface area contributed by atoms with Crippen molar-refractivity contribution in [2.75, 3.05) is 0 Å². The molecule has 3 aromatic carbocycles. The lowest BCUT2D eigenvalue weighted by Gasteiger charge is -2.19. The lowest BCUT2D eigenvalue weighted by Crippen LogP contribution is -2.24. The van der Waals surface area contributed by atoms with Gasteiger partial charge in [-0.1, -0.05) is 91.0 Å². The topological polar surface area (TPSA) is 57.5 Å². The summed E-state index contributed by atoms with van der Waals surface area (Å²) in [5.41, 5.74) is 0. The molecule has 3 rings (SSSR count). The fourth-order valence-electron chi connectivity index (χ4n) is 2.36. The quantitative estimate of drug-likeness (QED) is 0.443. The van der Waals surface area contributed by atoms with E-state index in [2.05, 4.69) is 0 Å². The minimum atomic E-state index is -2.78. The summed E-state index contributed by atoms with van der Waals surface area (Å²) >= 11 is 0. The molecule has 112 valence electrons. The van der Waals surface area contributed by atoms with Gasteiger partial charge in [-0.2, -0.15) is 0 Å². The molecule has 0 spiro atoms. The van der Waals surface area contributed by atoms with Crippen molar-refractivity contribution in [1.29, 1.82) is 0 Å². The van der Waals surface area contributed by atoms with E-state index in [1.807, 2.05) is 91.0 Å². The summed E-state index contributed by atoms with van der Waals surface area (Å²) in [5, 5.41) is 14.6. The van der Waals surface area contributed by atoms with Gasteiger partial charge in [0.25, 0.3) is 0 Å². The molecule has 0 aliphatic heterocycles. The van der Waals surface area contributed by atoms with E-state index in [1.165, 1.54) is 0 Å². The average Bonchev–Trinajstić information content (AvgIpc) is 2.65. The number of rotatable bonds is 3. The van der Waals surface area contributed by atoms with Gasteiger partial charge in [-0.05, 0) is 0 Å². The highest BCUT2D eigenvalue weighted by molar-refractivity contribution is 7.85. The highest BCUT2D eigenvalue weighted by atomic mass is 31.2. The predicted octanol–water partition coefficient (Wildman–Crippen LogP) is 3.34. The predicted molar refractivity (Wildman–Crippen MR) is 91.1 cm³/mol. The third-order valence-corrected chi connectivity index (χ3v) is 6.44. The van der Waals surface area contributed by atoms with Crippen molar-refractivity contribution in [3.63, 3.8) is 0 Å². The molecule has 0 fully saturated rings. The van der Waals surface area contributed by atoms with Crippen molar-refractivity contribution in [3.05, 3.63) is 91.0 Å². The smallest absolute Gasteiger partial charge is 0.171 e. The van der Waals surface area contributed by atoms with Crippen molar-refractivity contribution in [2.45, 2.75) is 0 Å². The molecule has 0 aromatic heterocycles. The first-order valence-corrected chi connectivity index (χ1v) is 8.49. The summed E-state index contributed by atoms with van der Waals surface area (Å²) in [6.45, 7) is 0. The van der Waals surface area contributed by atoms with E-state index in [4.69, 9.17) is 10.5 Å². The first kappa shape index (κ1) is 16.2. The van der Waals surface area contributed by atoms with E-state index in [-0.39, 0.29) is 0 Å². The standard InChI is InChI=1S/C18H15OP.H2O2/c19-20(16-10-4-1-5-11-16,17-12-6-2-7-13-17)18-14-8-3-9-15-18;1-2/h1-15H;1-2H. The molecule has 2 N–H and O–H groups in total. The third-order valence-electron chi connectivity index (χ3n) is 3.36. The van der Waals surface area contributed by atoms with Crippen LogP contribution in [0.3, 0.4) is 0 Å². The van der Waals surface area contributed by atoms with Gasteiger partial charge in [0.15, 0.2) is 7.14 Å². The van der Waals surface area contributed by atoms with Crippen molar-refractivity contribution in [1.82, 2.24) is 0 Å². The molecule has 0 bridgehead atoms. The second-order valence-corrected chi connectivity index (χ2v) is 7.38. The van der Waals surface area contributed by atoms with E-state index in [0.29, 0.717) is 0 Å². The summed E-state index contributed by atoms with van der Waals surface area (Å²) in [6, 6.07) is 29.1. The number of hydrogen-bond donors (Lipinski definition) is 2. The van der Waals surface area contributed by atoms with E-state index in [1.54, 1.807) is 0 Å². The Bertz CT molecular complexity index is 625. The van der Waals surface area contributed by atoms with E-state index >= 15 is 0 Å². The third kappa shape index (κ3) is 3.18. The van der Waals surface area contributed by atoms with Crippen molar-refractivity contribution >= 4 is 23.1 Å². The van der Waals surface area contributed by atoms with Crippen LogP contribution < -0.4 is 15.9 Å². The molecule has 0 unspecified atom stereocenters. The Morgan fingerprint density at radius 2 is 0.727 bits per heavy atom. The summed E-state index contributed by atoms with van der Waals surface area (Å²) in [5.74, 6) is 0. The molecule has 3 nitrogen and oxygen atoms in total. The Balaban J connectivity index is 0.000000847. The van der Waals surface area contributed by atoms with Crippen LogP contribution in [0.25, 0.3) is 0 Å². The van der Waals surface area contributed by atoms with Crippen molar-refractivity contribution < 1.29 is 15.1 Å². The average molecular weight is 312 g/mol. The number of benzene rings is 3. The summed E-state index contributed by atoms with van der Waals surface area (Å²) < 4.78 is 13.8. The highest BCUT2D eigenvalue weighted by Crippen LogP contribution is 2.41. The van der Waals surface area contributed by atoms with Crippen molar-refractivity contribution in [2.24, 2.45) is 0 Å². The zero-order valence-electron chi connectivity index (χ0n) is 11.9. The Morgan fingerprint density at radius 1 is 0.500 bits per heavy atom. The maximum atomic E-state index is 13.8. The molecule has 0 aliphatic carbocycles. The van der Waals surface area contributed by atoms with Gasteiger partial charge in [0, 0.05) is 15.9 Å². The fraction of sp³-hybridized carbons (Fsp3) is 0. The Labute approximate surface area is 129 Å². The molecular weight excluding hydrogens is 295 g/mol. The van der Waals surface area contributed by atoms with Crippen LogP contribution >= 0.6 is 7.14 Å². The number of hydrogen-bond acceptors (Lipinski definition) is 3. The molecule has 0 aliphatic rings. The maximum absolute atomic E-state index is 13.8. The molecule has 0 saturated carbocycles. The van der Waals surface area contributed by atoms with Crippen LogP contribution in [0.15, 0.2) is 91.0 Å². The van der Waals surface area contributed by atoms with Gasteiger partial charge >= 0.3 is 0 Å². The van der Waals surface area contributed by atoms with Crippen LogP contribution in [0, 0.1) is 0 Å². The summed E-state index contributed by atoms with van der Waals surface area (Å²) in [7, 11) is -2.78. The molecule has 22 heavy (non-hydrogen) atoms. The van der Waals surface area contributed by atoms with Gasteiger partial charge in [-0.3, -0.25) is 10.5 Å². The first-order chi connectivity index (χ1) is 10.8. The first-order valence-electron chi connectivity index (χ1n) is 6.79. The molecule has 0 heterocycles. The van der Waals surface area contributed by atoms with Crippen LogP contribution in [0.2, 0.25) is 0 Å². The van der Waals surface area contributed by atoms with Crippen LogP contribution in [-0.2, 0) is 4.57 Å². The second kappa shape index (κ2) is 7.71. The normalized spacial score (nSPS) is 10.5. The molecule has 0 radical (unpaired) electrons. The van der Waals surface area contributed by atoms with Crippen LogP contribution in [-0.4, -0.2) is 10.5 Å². The van der Waals surface area contributed by atoms with E-state index in [0.717, 1.165) is 15.9 Å². The molecule has 0 saturated heterocycles. The summed E-state index contributed by atoms with van der Waals surface area (Å²) in [4.78, 5) is 0. The van der Waals surface area contributed by atoms with Crippen LogP contribution in [0.1, 0.15) is 0 Å². The molecular formula is C18H17O3P. The second-order valence-electron chi connectivity index (χ2n) is 4.62. The molecule has 3 aromatic rings.